The summed E-state index contributed by atoms with van der Waals surface area (Å²) in [6.45, 7) is 1.10. The number of hydrogen-bond acceptors (Lipinski definition) is 5. The van der Waals surface area contributed by atoms with Gasteiger partial charge in [0.05, 0.1) is 4.92 Å². The van der Waals surface area contributed by atoms with Crippen molar-refractivity contribution in [1.82, 2.24) is 4.98 Å². The maximum absolute atomic E-state index is 13.1. The van der Waals surface area contributed by atoms with Gasteiger partial charge < -0.3 is 4.74 Å². The lowest BCUT2D eigenvalue weighted by Gasteiger charge is -2.05. The van der Waals surface area contributed by atoms with Gasteiger partial charge in [0, 0.05) is 19.2 Å². The van der Waals surface area contributed by atoms with Crippen LogP contribution in [0.15, 0.2) is 30.5 Å². The van der Waals surface area contributed by atoms with Crippen LogP contribution in [0.1, 0.15) is 18.1 Å². The van der Waals surface area contributed by atoms with Crippen molar-refractivity contribution in [3.05, 3.63) is 63.3 Å². The fourth-order valence-electron chi connectivity index (χ4n) is 1.81. The number of esters is 1. The maximum Gasteiger partial charge on any atom is 0.331 e. The van der Waals surface area contributed by atoms with Gasteiger partial charge in [-0.05, 0) is 29.7 Å². The SMILES string of the molecule is CC(=O)Oc1ncc(Cc2ccc(F)c(F)c2)cc1[N+](=O)[O-]. The summed E-state index contributed by atoms with van der Waals surface area (Å²) in [5.74, 6) is -3.12. The number of hydrogen-bond donors (Lipinski definition) is 0. The number of nitrogens with zero attached hydrogens (tertiary/aromatic N) is 2. The zero-order chi connectivity index (χ0) is 16.3. The van der Waals surface area contributed by atoms with Crippen molar-refractivity contribution in [2.45, 2.75) is 13.3 Å². The predicted octanol–water partition coefficient (Wildman–Crippen LogP) is 2.78. The van der Waals surface area contributed by atoms with Crippen molar-refractivity contribution in [2.75, 3.05) is 0 Å². The van der Waals surface area contributed by atoms with E-state index in [0.29, 0.717) is 11.1 Å². The third-order valence-corrected chi connectivity index (χ3v) is 2.72. The van der Waals surface area contributed by atoms with Gasteiger partial charge in [-0.1, -0.05) is 6.07 Å². The van der Waals surface area contributed by atoms with E-state index in [0.717, 1.165) is 19.1 Å². The van der Waals surface area contributed by atoms with Crippen LogP contribution in [-0.2, 0) is 11.2 Å². The second-order valence-corrected chi connectivity index (χ2v) is 4.44. The van der Waals surface area contributed by atoms with Gasteiger partial charge in [-0.2, -0.15) is 0 Å². The second kappa shape index (κ2) is 6.25. The molecule has 0 amide bonds. The van der Waals surface area contributed by atoms with Crippen LogP contribution in [0.3, 0.4) is 0 Å². The Kier molecular flexibility index (Phi) is 4.40. The Labute approximate surface area is 123 Å². The van der Waals surface area contributed by atoms with E-state index in [-0.39, 0.29) is 6.42 Å². The lowest BCUT2D eigenvalue weighted by molar-refractivity contribution is -0.386. The van der Waals surface area contributed by atoms with Crippen LogP contribution in [0.5, 0.6) is 5.88 Å². The summed E-state index contributed by atoms with van der Waals surface area (Å²) in [6.07, 6.45) is 1.39. The minimum absolute atomic E-state index is 0.116. The molecule has 1 heterocycles. The van der Waals surface area contributed by atoms with E-state index in [1.54, 1.807) is 0 Å². The fourth-order valence-corrected chi connectivity index (χ4v) is 1.81. The highest BCUT2D eigenvalue weighted by molar-refractivity contribution is 5.70. The molecule has 2 rings (SSSR count). The molecule has 0 saturated heterocycles. The summed E-state index contributed by atoms with van der Waals surface area (Å²) in [5.41, 5.74) is 0.346. The van der Waals surface area contributed by atoms with Crippen LogP contribution in [0.25, 0.3) is 0 Å². The lowest BCUT2D eigenvalue weighted by Crippen LogP contribution is -2.06. The molecule has 1 aromatic carbocycles. The molecule has 0 aliphatic carbocycles. The third-order valence-electron chi connectivity index (χ3n) is 2.72. The molecule has 22 heavy (non-hydrogen) atoms. The van der Waals surface area contributed by atoms with Gasteiger partial charge >= 0.3 is 17.5 Å². The molecule has 0 atom stereocenters. The summed E-state index contributed by atoms with van der Waals surface area (Å²) >= 11 is 0. The van der Waals surface area contributed by atoms with Gasteiger partial charge in [-0.15, -0.1) is 0 Å². The topological polar surface area (TPSA) is 82.3 Å². The van der Waals surface area contributed by atoms with Crippen molar-refractivity contribution in [3.63, 3.8) is 0 Å². The molecule has 0 saturated carbocycles. The molecule has 0 unspecified atom stereocenters. The molecule has 0 aliphatic rings. The Morgan fingerprint density at radius 2 is 2.00 bits per heavy atom. The zero-order valence-electron chi connectivity index (χ0n) is 11.4. The summed E-state index contributed by atoms with van der Waals surface area (Å²) < 4.78 is 30.6. The Morgan fingerprint density at radius 1 is 1.27 bits per heavy atom. The van der Waals surface area contributed by atoms with Crippen molar-refractivity contribution < 1.29 is 23.2 Å². The Morgan fingerprint density at radius 3 is 2.59 bits per heavy atom. The first-order chi connectivity index (χ1) is 10.4. The monoisotopic (exact) mass is 308 g/mol. The zero-order valence-corrected chi connectivity index (χ0v) is 11.4. The molecule has 114 valence electrons. The number of carbonyl (C=O) groups is 1. The summed E-state index contributed by atoms with van der Waals surface area (Å²) in [6, 6.07) is 4.51. The van der Waals surface area contributed by atoms with Crippen molar-refractivity contribution in [2.24, 2.45) is 0 Å². The quantitative estimate of drug-likeness (QED) is 0.493. The standard InChI is InChI=1S/C14H10F2N2O4/c1-8(19)22-14-13(18(20)21)6-10(7-17-14)4-9-2-3-11(15)12(16)5-9/h2-3,5-7H,4H2,1H3. The molecule has 1 aromatic heterocycles. The fraction of sp³-hybridized carbons (Fsp3) is 0.143. The van der Waals surface area contributed by atoms with Gasteiger partial charge in [0.15, 0.2) is 11.6 Å². The van der Waals surface area contributed by atoms with E-state index < -0.39 is 34.1 Å². The highest BCUT2D eigenvalue weighted by Crippen LogP contribution is 2.26. The minimum atomic E-state index is -1.00. The van der Waals surface area contributed by atoms with E-state index in [1.165, 1.54) is 18.3 Å². The molecule has 0 N–H and O–H groups in total. The van der Waals surface area contributed by atoms with E-state index in [1.807, 2.05) is 0 Å². The van der Waals surface area contributed by atoms with E-state index >= 15 is 0 Å². The lowest BCUT2D eigenvalue weighted by atomic mass is 10.1. The molecule has 0 spiro atoms. The average Bonchev–Trinajstić information content (AvgIpc) is 2.44. The minimum Gasteiger partial charge on any atom is -0.401 e. The molecule has 0 fully saturated rings. The van der Waals surface area contributed by atoms with Crippen molar-refractivity contribution in [3.8, 4) is 5.88 Å². The van der Waals surface area contributed by atoms with Gasteiger partial charge in [0.2, 0.25) is 0 Å². The molecule has 0 aliphatic heterocycles. The van der Waals surface area contributed by atoms with Crippen LogP contribution >= 0.6 is 0 Å². The molecular weight excluding hydrogens is 298 g/mol. The van der Waals surface area contributed by atoms with Crippen molar-refractivity contribution in [1.29, 1.82) is 0 Å². The van der Waals surface area contributed by atoms with Crippen LogP contribution < -0.4 is 4.74 Å². The molecule has 8 heteroatoms. The average molecular weight is 308 g/mol. The highest BCUT2D eigenvalue weighted by atomic mass is 19.2. The number of carbonyl (C=O) groups excluding carboxylic acids is 1. The van der Waals surface area contributed by atoms with Gasteiger partial charge in [-0.25, -0.2) is 13.8 Å². The van der Waals surface area contributed by atoms with Gasteiger partial charge in [0.25, 0.3) is 0 Å². The number of ether oxygens (including phenoxy) is 1. The predicted molar refractivity (Wildman–Crippen MR) is 71.4 cm³/mol. The Bertz CT molecular complexity index is 750. The van der Waals surface area contributed by atoms with Crippen molar-refractivity contribution >= 4 is 11.7 Å². The normalized spacial score (nSPS) is 10.3. The summed E-state index contributed by atoms with van der Waals surface area (Å²) in [5, 5.41) is 11.0. The summed E-state index contributed by atoms with van der Waals surface area (Å²) in [4.78, 5) is 24.8. The number of nitro groups is 1. The number of aromatic nitrogens is 1. The van der Waals surface area contributed by atoms with E-state index in [4.69, 9.17) is 0 Å². The number of benzene rings is 1. The smallest absolute Gasteiger partial charge is 0.331 e. The first-order valence-corrected chi connectivity index (χ1v) is 6.12. The Balaban J connectivity index is 2.32. The largest absolute Gasteiger partial charge is 0.401 e. The molecule has 0 radical (unpaired) electrons. The molecule has 2 aromatic rings. The highest BCUT2D eigenvalue weighted by Gasteiger charge is 2.19. The molecule has 6 nitrogen and oxygen atoms in total. The van der Waals surface area contributed by atoms with Crippen LogP contribution in [0, 0.1) is 21.7 Å². The van der Waals surface area contributed by atoms with Gasteiger partial charge in [-0.3, -0.25) is 14.9 Å². The molecular formula is C14H10F2N2O4. The second-order valence-electron chi connectivity index (χ2n) is 4.44. The maximum atomic E-state index is 13.1. The Hall–Kier alpha value is -2.90. The van der Waals surface area contributed by atoms with Crippen LogP contribution in [0.2, 0.25) is 0 Å². The van der Waals surface area contributed by atoms with Gasteiger partial charge in [0.1, 0.15) is 0 Å². The number of pyridine rings is 1. The third kappa shape index (κ3) is 3.60. The summed E-state index contributed by atoms with van der Waals surface area (Å²) in [7, 11) is 0. The van der Waals surface area contributed by atoms with E-state index in [2.05, 4.69) is 9.72 Å². The number of halogens is 2. The number of rotatable bonds is 4. The first-order valence-electron chi connectivity index (χ1n) is 6.12. The first kappa shape index (κ1) is 15.5. The molecule has 0 bridgehead atoms. The van der Waals surface area contributed by atoms with Crippen LogP contribution in [0.4, 0.5) is 14.5 Å². The van der Waals surface area contributed by atoms with E-state index in [9.17, 15) is 23.7 Å². The van der Waals surface area contributed by atoms with Crippen LogP contribution in [-0.4, -0.2) is 15.9 Å².